The lowest BCUT2D eigenvalue weighted by Gasteiger charge is -2.03. The van der Waals surface area contributed by atoms with E-state index in [-0.39, 0.29) is 0 Å². The van der Waals surface area contributed by atoms with Crippen molar-refractivity contribution in [2.24, 2.45) is 5.16 Å². The molecule has 0 bridgehead atoms. The molecule has 2 rings (SSSR count). The van der Waals surface area contributed by atoms with Crippen molar-refractivity contribution in [1.82, 2.24) is 9.78 Å². The highest BCUT2D eigenvalue weighted by Gasteiger charge is 1.99. The summed E-state index contributed by atoms with van der Waals surface area (Å²) in [7, 11) is 1.54. The molecule has 82 valence electrons. The second-order valence-electron chi connectivity index (χ2n) is 3.36. The van der Waals surface area contributed by atoms with Crippen molar-refractivity contribution in [2.45, 2.75) is 6.92 Å². The van der Waals surface area contributed by atoms with Gasteiger partial charge in [0.1, 0.15) is 7.11 Å². The van der Waals surface area contributed by atoms with Crippen LogP contribution in [0.15, 0.2) is 47.9 Å². The Hall–Kier alpha value is -2.10. The van der Waals surface area contributed by atoms with Crippen LogP contribution in [0.25, 0.3) is 5.69 Å². The van der Waals surface area contributed by atoms with Gasteiger partial charge >= 0.3 is 0 Å². The van der Waals surface area contributed by atoms with Crippen LogP contribution in [-0.4, -0.2) is 22.6 Å². The van der Waals surface area contributed by atoms with E-state index in [1.54, 1.807) is 13.3 Å². The number of oxime groups is 1. The van der Waals surface area contributed by atoms with Crippen molar-refractivity contribution in [2.75, 3.05) is 7.11 Å². The van der Waals surface area contributed by atoms with E-state index in [0.29, 0.717) is 0 Å². The fourth-order valence-electron chi connectivity index (χ4n) is 1.47. The van der Waals surface area contributed by atoms with E-state index in [1.165, 1.54) is 0 Å². The molecule has 0 aliphatic rings. The summed E-state index contributed by atoms with van der Waals surface area (Å²) in [5.41, 5.74) is 2.92. The quantitative estimate of drug-likeness (QED) is 0.582. The fraction of sp³-hybridized carbons (Fsp3) is 0.167. The van der Waals surface area contributed by atoms with Crippen LogP contribution in [0.1, 0.15) is 12.5 Å². The predicted octanol–water partition coefficient (Wildman–Crippen LogP) is 2.24. The summed E-state index contributed by atoms with van der Waals surface area (Å²) in [5.74, 6) is 0. The van der Waals surface area contributed by atoms with Crippen molar-refractivity contribution in [3.05, 3.63) is 48.3 Å². The summed E-state index contributed by atoms with van der Waals surface area (Å²) in [6.07, 6.45) is 3.66. The van der Waals surface area contributed by atoms with Gasteiger partial charge in [-0.1, -0.05) is 17.3 Å². The largest absolute Gasteiger partial charge is 0.399 e. The third-order valence-corrected chi connectivity index (χ3v) is 2.28. The Bertz CT molecular complexity index is 471. The van der Waals surface area contributed by atoms with E-state index in [9.17, 15) is 0 Å². The normalized spacial score (nSPS) is 11.5. The Kier molecular flexibility index (Phi) is 3.00. The summed E-state index contributed by atoms with van der Waals surface area (Å²) in [5, 5.41) is 8.04. The smallest absolute Gasteiger partial charge is 0.106 e. The lowest BCUT2D eigenvalue weighted by molar-refractivity contribution is 0.213. The molecule has 4 heteroatoms. The van der Waals surface area contributed by atoms with Crippen molar-refractivity contribution < 1.29 is 4.84 Å². The van der Waals surface area contributed by atoms with Crippen LogP contribution in [-0.2, 0) is 4.84 Å². The van der Waals surface area contributed by atoms with Crippen molar-refractivity contribution in [3.8, 4) is 5.69 Å². The summed E-state index contributed by atoms with van der Waals surface area (Å²) in [6.45, 7) is 1.91. The number of hydrogen-bond acceptors (Lipinski definition) is 3. The van der Waals surface area contributed by atoms with Crippen LogP contribution in [0.4, 0.5) is 0 Å². The molecular formula is C12H13N3O. The molecular weight excluding hydrogens is 202 g/mol. The first-order valence-corrected chi connectivity index (χ1v) is 4.99. The molecule has 0 fully saturated rings. The minimum absolute atomic E-state index is 0.856. The van der Waals surface area contributed by atoms with Crippen molar-refractivity contribution in [3.63, 3.8) is 0 Å². The number of benzene rings is 1. The first kappa shape index (κ1) is 10.4. The molecule has 0 amide bonds. The minimum atomic E-state index is 0.856. The maximum Gasteiger partial charge on any atom is 0.106 e. The van der Waals surface area contributed by atoms with Gasteiger partial charge in [-0.2, -0.15) is 5.10 Å². The summed E-state index contributed by atoms with van der Waals surface area (Å²) < 4.78 is 1.81. The molecule has 16 heavy (non-hydrogen) atoms. The van der Waals surface area contributed by atoms with Crippen LogP contribution < -0.4 is 0 Å². The van der Waals surface area contributed by atoms with Gasteiger partial charge in [0.25, 0.3) is 0 Å². The SMILES string of the molecule is CO/N=C(\C)c1ccc(-n2cccn2)cc1. The van der Waals surface area contributed by atoms with Crippen molar-refractivity contribution in [1.29, 1.82) is 0 Å². The van der Waals surface area contributed by atoms with E-state index in [4.69, 9.17) is 4.84 Å². The minimum Gasteiger partial charge on any atom is -0.399 e. The Morgan fingerprint density at radius 2 is 2.06 bits per heavy atom. The molecule has 1 aromatic heterocycles. The first-order chi connectivity index (χ1) is 7.81. The Labute approximate surface area is 94.2 Å². The predicted molar refractivity (Wildman–Crippen MR) is 62.8 cm³/mol. The van der Waals surface area contributed by atoms with E-state index >= 15 is 0 Å². The topological polar surface area (TPSA) is 39.4 Å². The maximum absolute atomic E-state index is 4.73. The molecule has 0 saturated heterocycles. The van der Waals surface area contributed by atoms with Crippen LogP contribution in [0.3, 0.4) is 0 Å². The van der Waals surface area contributed by atoms with Gasteiger partial charge in [-0.25, -0.2) is 4.68 Å². The van der Waals surface area contributed by atoms with Gasteiger partial charge < -0.3 is 4.84 Å². The molecule has 0 unspecified atom stereocenters. The Morgan fingerprint density at radius 3 is 2.62 bits per heavy atom. The highest BCUT2D eigenvalue weighted by Crippen LogP contribution is 2.09. The summed E-state index contributed by atoms with van der Waals surface area (Å²) >= 11 is 0. The fourth-order valence-corrected chi connectivity index (χ4v) is 1.47. The summed E-state index contributed by atoms with van der Waals surface area (Å²) in [4.78, 5) is 4.73. The average molecular weight is 215 g/mol. The van der Waals surface area contributed by atoms with Crippen molar-refractivity contribution >= 4 is 5.71 Å². The maximum atomic E-state index is 4.73. The highest BCUT2D eigenvalue weighted by molar-refractivity contribution is 5.98. The first-order valence-electron chi connectivity index (χ1n) is 4.99. The molecule has 1 heterocycles. The van der Waals surface area contributed by atoms with Gasteiger partial charge in [-0.05, 0) is 30.7 Å². The molecule has 2 aromatic rings. The Morgan fingerprint density at radius 1 is 1.31 bits per heavy atom. The van der Waals surface area contributed by atoms with Crippen LogP contribution in [0, 0.1) is 0 Å². The number of rotatable bonds is 3. The van der Waals surface area contributed by atoms with E-state index < -0.39 is 0 Å². The third-order valence-electron chi connectivity index (χ3n) is 2.28. The van der Waals surface area contributed by atoms with E-state index in [1.807, 2.05) is 48.1 Å². The van der Waals surface area contributed by atoms with Gasteiger partial charge in [0, 0.05) is 12.4 Å². The lowest BCUT2D eigenvalue weighted by atomic mass is 10.1. The van der Waals surface area contributed by atoms with Gasteiger partial charge in [-0.15, -0.1) is 0 Å². The highest BCUT2D eigenvalue weighted by atomic mass is 16.6. The molecule has 0 saturated carbocycles. The monoisotopic (exact) mass is 215 g/mol. The molecule has 0 aliphatic heterocycles. The van der Waals surface area contributed by atoms with Gasteiger partial charge in [-0.3, -0.25) is 0 Å². The van der Waals surface area contributed by atoms with Gasteiger partial charge in [0.2, 0.25) is 0 Å². The lowest BCUT2D eigenvalue weighted by Crippen LogP contribution is -1.98. The zero-order valence-corrected chi connectivity index (χ0v) is 9.29. The van der Waals surface area contributed by atoms with E-state index in [0.717, 1.165) is 17.0 Å². The zero-order valence-electron chi connectivity index (χ0n) is 9.29. The molecule has 0 aliphatic carbocycles. The third kappa shape index (κ3) is 2.11. The van der Waals surface area contributed by atoms with Crippen LogP contribution in [0.5, 0.6) is 0 Å². The standard InChI is InChI=1S/C12H13N3O/c1-10(14-16-2)11-4-6-12(7-5-11)15-9-3-8-13-15/h3-9H,1-2H3/b14-10+. The van der Waals surface area contributed by atoms with Crippen LogP contribution >= 0.6 is 0 Å². The van der Waals surface area contributed by atoms with Crippen LogP contribution in [0.2, 0.25) is 0 Å². The second kappa shape index (κ2) is 4.61. The molecule has 0 spiro atoms. The number of nitrogens with zero attached hydrogens (tertiary/aromatic N) is 3. The van der Waals surface area contributed by atoms with Gasteiger partial charge in [0.15, 0.2) is 0 Å². The number of hydrogen-bond donors (Lipinski definition) is 0. The number of aromatic nitrogens is 2. The summed E-state index contributed by atoms with van der Waals surface area (Å²) in [6, 6.07) is 9.88. The molecule has 0 atom stereocenters. The second-order valence-corrected chi connectivity index (χ2v) is 3.36. The zero-order chi connectivity index (χ0) is 11.4. The molecule has 1 aromatic carbocycles. The van der Waals surface area contributed by atoms with Gasteiger partial charge in [0.05, 0.1) is 11.4 Å². The molecule has 4 nitrogen and oxygen atoms in total. The Balaban J connectivity index is 2.26. The average Bonchev–Trinajstić information content (AvgIpc) is 2.83. The van der Waals surface area contributed by atoms with E-state index in [2.05, 4.69) is 10.3 Å². The molecule has 0 radical (unpaired) electrons. The molecule has 0 N–H and O–H groups in total.